The minimum absolute atomic E-state index is 0.240. The molecule has 1 aliphatic rings. The topological polar surface area (TPSA) is 62.3 Å². The maximum absolute atomic E-state index is 11.9. The van der Waals surface area contributed by atoms with Gasteiger partial charge in [-0.25, -0.2) is 4.79 Å². The number of urea groups is 1. The fraction of sp³-hybridized carbons (Fsp3) is 0.154. The van der Waals surface area contributed by atoms with Gasteiger partial charge in [-0.1, -0.05) is 22.0 Å². The van der Waals surface area contributed by atoms with Gasteiger partial charge in [0.2, 0.25) is 5.91 Å². The van der Waals surface area contributed by atoms with Gasteiger partial charge in [-0.15, -0.1) is 0 Å². The number of nitrogens with zero attached hydrogens (tertiary/aromatic N) is 2. The van der Waals surface area contributed by atoms with Crippen LogP contribution < -0.4 is 10.2 Å². The molecule has 1 fully saturated rings. The summed E-state index contributed by atoms with van der Waals surface area (Å²) in [5.41, 5.74) is 0.712. The first kappa shape index (κ1) is 12.1. The molecule has 0 bridgehead atoms. The van der Waals surface area contributed by atoms with Gasteiger partial charge in [0.25, 0.3) is 0 Å². The molecule has 0 saturated carbocycles. The Labute approximate surface area is 117 Å². The third-order valence-corrected chi connectivity index (χ3v) is 3.54. The van der Waals surface area contributed by atoms with Crippen LogP contribution in [0.25, 0.3) is 10.8 Å². The van der Waals surface area contributed by atoms with Crippen molar-refractivity contribution in [2.45, 2.75) is 6.42 Å². The Morgan fingerprint density at radius 2 is 2.11 bits per heavy atom. The smallest absolute Gasteiger partial charge is 0.291 e. The first-order valence-corrected chi connectivity index (χ1v) is 6.59. The highest BCUT2D eigenvalue weighted by atomic mass is 79.9. The van der Waals surface area contributed by atoms with Crippen LogP contribution in [-0.4, -0.2) is 23.5 Å². The molecule has 2 heterocycles. The Morgan fingerprint density at radius 1 is 1.26 bits per heavy atom. The summed E-state index contributed by atoms with van der Waals surface area (Å²) in [6, 6.07) is 5.40. The monoisotopic (exact) mass is 319 g/mol. The molecule has 5 nitrogen and oxygen atoms in total. The first-order chi connectivity index (χ1) is 9.15. The number of imide groups is 1. The minimum atomic E-state index is -0.398. The molecule has 1 aliphatic heterocycles. The molecule has 0 radical (unpaired) electrons. The largest absolute Gasteiger partial charge is 0.328 e. The molecule has 2 aromatic rings. The summed E-state index contributed by atoms with van der Waals surface area (Å²) >= 11 is 3.42. The summed E-state index contributed by atoms with van der Waals surface area (Å²) in [5.74, 6) is -0.240. The van der Waals surface area contributed by atoms with E-state index in [1.54, 1.807) is 17.3 Å². The third-order valence-electron chi connectivity index (χ3n) is 3.05. The van der Waals surface area contributed by atoms with Gasteiger partial charge in [0.1, 0.15) is 0 Å². The van der Waals surface area contributed by atoms with Crippen LogP contribution in [0.3, 0.4) is 0 Å². The normalized spacial score (nSPS) is 15.7. The lowest BCUT2D eigenvalue weighted by Crippen LogP contribution is -2.49. The molecule has 19 heavy (non-hydrogen) atoms. The first-order valence-electron chi connectivity index (χ1n) is 5.80. The second-order valence-electron chi connectivity index (χ2n) is 4.28. The molecule has 6 heteroatoms. The average molecular weight is 320 g/mol. The van der Waals surface area contributed by atoms with E-state index in [-0.39, 0.29) is 5.91 Å². The van der Waals surface area contributed by atoms with Crippen molar-refractivity contribution in [2.24, 2.45) is 0 Å². The predicted octanol–water partition coefficient (Wildman–Crippen LogP) is 2.44. The van der Waals surface area contributed by atoms with Crippen molar-refractivity contribution in [1.82, 2.24) is 10.3 Å². The number of aromatic nitrogens is 1. The zero-order valence-corrected chi connectivity index (χ0v) is 11.5. The zero-order chi connectivity index (χ0) is 13.4. The highest BCUT2D eigenvalue weighted by Gasteiger charge is 2.25. The standard InChI is InChI=1S/C13H10BrN3O2/c14-9-2-1-8-6-15-7-11(10(8)5-9)17-4-3-12(18)16-13(17)19/h1-2,5-7H,3-4H2,(H,16,18,19). The number of amides is 3. The number of hydrogen-bond donors (Lipinski definition) is 1. The van der Waals surface area contributed by atoms with Gasteiger partial charge >= 0.3 is 6.03 Å². The Balaban J connectivity index is 2.12. The fourth-order valence-electron chi connectivity index (χ4n) is 2.13. The van der Waals surface area contributed by atoms with Crippen LogP contribution in [0.2, 0.25) is 0 Å². The lowest BCUT2D eigenvalue weighted by atomic mass is 10.1. The summed E-state index contributed by atoms with van der Waals surface area (Å²) in [7, 11) is 0. The van der Waals surface area contributed by atoms with E-state index < -0.39 is 6.03 Å². The molecule has 3 amide bonds. The summed E-state index contributed by atoms with van der Waals surface area (Å²) in [4.78, 5) is 28.8. The van der Waals surface area contributed by atoms with Crippen molar-refractivity contribution < 1.29 is 9.59 Å². The highest BCUT2D eigenvalue weighted by Crippen LogP contribution is 2.29. The van der Waals surface area contributed by atoms with Crippen molar-refractivity contribution >= 4 is 44.3 Å². The van der Waals surface area contributed by atoms with Crippen molar-refractivity contribution in [3.63, 3.8) is 0 Å². The van der Waals surface area contributed by atoms with E-state index in [4.69, 9.17) is 0 Å². The Bertz CT molecular complexity index is 687. The lowest BCUT2D eigenvalue weighted by molar-refractivity contribution is -0.120. The SMILES string of the molecule is O=C1CCN(c2cncc3ccc(Br)cc23)C(=O)N1. The average Bonchev–Trinajstić information content (AvgIpc) is 2.38. The molecule has 1 aromatic carbocycles. The molecule has 3 rings (SSSR count). The molecular formula is C13H10BrN3O2. The van der Waals surface area contributed by atoms with Crippen LogP contribution in [0.5, 0.6) is 0 Å². The van der Waals surface area contributed by atoms with E-state index in [1.807, 2.05) is 18.2 Å². The van der Waals surface area contributed by atoms with Crippen LogP contribution in [0.4, 0.5) is 10.5 Å². The molecule has 0 aliphatic carbocycles. The van der Waals surface area contributed by atoms with Crippen LogP contribution >= 0.6 is 15.9 Å². The van der Waals surface area contributed by atoms with E-state index >= 15 is 0 Å². The number of halogens is 1. The zero-order valence-electron chi connectivity index (χ0n) is 9.89. The number of pyridine rings is 1. The third kappa shape index (κ3) is 2.19. The molecule has 0 atom stereocenters. The van der Waals surface area contributed by atoms with Gasteiger partial charge in [0, 0.05) is 34.4 Å². The number of benzene rings is 1. The molecule has 1 N–H and O–H groups in total. The van der Waals surface area contributed by atoms with Crippen molar-refractivity contribution in [3.05, 3.63) is 35.1 Å². The Morgan fingerprint density at radius 3 is 2.89 bits per heavy atom. The van der Waals surface area contributed by atoms with Crippen molar-refractivity contribution in [2.75, 3.05) is 11.4 Å². The number of carbonyl (C=O) groups is 2. The number of nitrogens with one attached hydrogen (secondary N) is 1. The number of anilines is 1. The number of fused-ring (bicyclic) bond motifs is 1. The maximum atomic E-state index is 11.9. The molecule has 1 aromatic heterocycles. The predicted molar refractivity (Wildman–Crippen MR) is 74.9 cm³/mol. The molecule has 96 valence electrons. The summed E-state index contributed by atoms with van der Waals surface area (Å²) in [5, 5.41) is 4.19. The minimum Gasteiger partial charge on any atom is -0.291 e. The lowest BCUT2D eigenvalue weighted by Gasteiger charge is -2.27. The maximum Gasteiger partial charge on any atom is 0.328 e. The van der Waals surface area contributed by atoms with Crippen LogP contribution in [-0.2, 0) is 4.79 Å². The molecule has 1 saturated heterocycles. The van der Waals surface area contributed by atoms with E-state index in [0.717, 1.165) is 15.2 Å². The van der Waals surface area contributed by atoms with E-state index in [9.17, 15) is 9.59 Å². The number of hydrogen-bond acceptors (Lipinski definition) is 3. The number of carbonyl (C=O) groups excluding carboxylic acids is 2. The summed E-state index contributed by atoms with van der Waals surface area (Å²) in [6.07, 6.45) is 3.69. The summed E-state index contributed by atoms with van der Waals surface area (Å²) in [6.45, 7) is 0.373. The Kier molecular flexibility index (Phi) is 2.94. The molecule has 0 spiro atoms. The molecular weight excluding hydrogens is 310 g/mol. The van der Waals surface area contributed by atoms with Crippen molar-refractivity contribution in [1.29, 1.82) is 0 Å². The van der Waals surface area contributed by atoms with Crippen molar-refractivity contribution in [3.8, 4) is 0 Å². The van der Waals surface area contributed by atoms with Gasteiger partial charge in [0.05, 0.1) is 11.9 Å². The fourth-order valence-corrected chi connectivity index (χ4v) is 2.49. The van der Waals surface area contributed by atoms with Gasteiger partial charge in [-0.3, -0.25) is 20.0 Å². The van der Waals surface area contributed by atoms with Gasteiger partial charge in [-0.05, 0) is 12.1 Å². The van der Waals surface area contributed by atoms with Gasteiger partial charge < -0.3 is 0 Å². The van der Waals surface area contributed by atoms with Crippen LogP contribution in [0, 0.1) is 0 Å². The second kappa shape index (κ2) is 4.62. The van der Waals surface area contributed by atoms with Crippen LogP contribution in [0.1, 0.15) is 6.42 Å². The van der Waals surface area contributed by atoms with Crippen LogP contribution in [0.15, 0.2) is 35.1 Å². The summed E-state index contributed by atoms with van der Waals surface area (Å²) < 4.78 is 0.931. The van der Waals surface area contributed by atoms with Gasteiger partial charge in [-0.2, -0.15) is 0 Å². The quantitative estimate of drug-likeness (QED) is 0.878. The Hall–Kier alpha value is -1.95. The number of rotatable bonds is 1. The van der Waals surface area contributed by atoms with E-state index in [2.05, 4.69) is 26.2 Å². The highest BCUT2D eigenvalue weighted by molar-refractivity contribution is 9.10. The van der Waals surface area contributed by atoms with E-state index in [1.165, 1.54) is 0 Å². The molecule has 0 unspecified atom stereocenters. The van der Waals surface area contributed by atoms with E-state index in [0.29, 0.717) is 18.7 Å². The second-order valence-corrected chi connectivity index (χ2v) is 5.19. The van der Waals surface area contributed by atoms with Gasteiger partial charge in [0.15, 0.2) is 0 Å².